The molecule has 1 unspecified atom stereocenters. The van der Waals surface area contributed by atoms with Gasteiger partial charge in [-0.05, 0) is 48.6 Å². The van der Waals surface area contributed by atoms with E-state index in [-0.39, 0.29) is 12.0 Å². The second-order valence-electron chi connectivity index (χ2n) is 4.97. The first-order valence-corrected chi connectivity index (χ1v) is 7.23. The normalized spacial score (nSPS) is 12.9. The van der Waals surface area contributed by atoms with Gasteiger partial charge in [0.25, 0.3) is 0 Å². The fourth-order valence-electron chi connectivity index (χ4n) is 2.07. The molecule has 2 rings (SSSR count). The van der Waals surface area contributed by atoms with Crippen LogP contribution in [0, 0.1) is 11.6 Å². The Morgan fingerprint density at radius 3 is 2.60 bits per heavy atom. The molecule has 0 spiro atoms. The molecular formula is C14H17F2N3S. The fourth-order valence-corrected chi connectivity index (χ4v) is 2.99. The Labute approximate surface area is 121 Å². The Kier molecular flexibility index (Phi) is 4.77. The first kappa shape index (κ1) is 15.0. The molecule has 0 aliphatic carbocycles. The van der Waals surface area contributed by atoms with Gasteiger partial charge in [-0.1, -0.05) is 24.4 Å². The maximum atomic E-state index is 13.3. The predicted octanol–water partition coefficient (Wildman–Crippen LogP) is 3.44. The van der Waals surface area contributed by atoms with E-state index < -0.39 is 11.6 Å². The van der Waals surface area contributed by atoms with Crippen molar-refractivity contribution in [2.24, 2.45) is 0 Å². The molecule has 108 valence electrons. The van der Waals surface area contributed by atoms with Crippen LogP contribution < -0.4 is 5.32 Å². The molecule has 1 aromatic heterocycles. The molecule has 20 heavy (non-hydrogen) atoms. The number of likely N-dealkylation sites (N-methyl/N-ethyl adjacent to an activating group) is 1. The van der Waals surface area contributed by atoms with Crippen LogP contribution >= 0.6 is 11.5 Å². The fraction of sp³-hybridized carbons (Fsp3) is 0.429. The zero-order valence-corrected chi connectivity index (χ0v) is 12.5. The van der Waals surface area contributed by atoms with E-state index in [9.17, 15) is 8.78 Å². The summed E-state index contributed by atoms with van der Waals surface area (Å²) in [6.45, 7) is 4.12. The summed E-state index contributed by atoms with van der Waals surface area (Å²) in [5, 5.41) is 7.35. The summed E-state index contributed by atoms with van der Waals surface area (Å²) in [6.07, 6.45) is 0.567. The minimum absolute atomic E-state index is 0.00254. The van der Waals surface area contributed by atoms with Crippen LogP contribution in [0.25, 0.3) is 0 Å². The lowest BCUT2D eigenvalue weighted by Crippen LogP contribution is -2.19. The predicted molar refractivity (Wildman–Crippen MR) is 75.9 cm³/mol. The zero-order valence-electron chi connectivity index (χ0n) is 11.7. The Bertz CT molecular complexity index is 584. The van der Waals surface area contributed by atoms with Crippen LogP contribution in [0.3, 0.4) is 0 Å². The standard InChI is InChI=1S/C14H17F2N3S/c1-8(2)13-14(20-19-18-13)12(17-3)7-9-4-5-10(15)11(16)6-9/h4-6,8,12,17H,7H2,1-3H3. The highest BCUT2D eigenvalue weighted by Gasteiger charge is 2.20. The van der Waals surface area contributed by atoms with Crippen molar-refractivity contribution < 1.29 is 8.78 Å². The molecule has 2 aromatic rings. The van der Waals surface area contributed by atoms with Gasteiger partial charge in [0, 0.05) is 6.04 Å². The van der Waals surface area contributed by atoms with Crippen molar-refractivity contribution in [2.45, 2.75) is 32.2 Å². The summed E-state index contributed by atoms with van der Waals surface area (Å²) in [6, 6.07) is 4.00. The van der Waals surface area contributed by atoms with Crippen LogP contribution in [0.2, 0.25) is 0 Å². The van der Waals surface area contributed by atoms with Crippen LogP contribution in [0.5, 0.6) is 0 Å². The molecule has 0 amide bonds. The zero-order chi connectivity index (χ0) is 14.7. The lowest BCUT2D eigenvalue weighted by Gasteiger charge is -2.16. The summed E-state index contributed by atoms with van der Waals surface area (Å²) in [5.74, 6) is -1.36. The smallest absolute Gasteiger partial charge is 0.159 e. The van der Waals surface area contributed by atoms with Crippen LogP contribution in [-0.2, 0) is 6.42 Å². The molecule has 3 nitrogen and oxygen atoms in total. The molecule has 6 heteroatoms. The molecule has 0 fully saturated rings. The third-order valence-electron chi connectivity index (χ3n) is 3.18. The number of rotatable bonds is 5. The highest BCUT2D eigenvalue weighted by Crippen LogP contribution is 2.28. The van der Waals surface area contributed by atoms with E-state index in [1.807, 2.05) is 7.05 Å². The Balaban J connectivity index is 2.24. The summed E-state index contributed by atoms with van der Waals surface area (Å²) in [5.41, 5.74) is 1.70. The lowest BCUT2D eigenvalue weighted by molar-refractivity contribution is 0.504. The minimum Gasteiger partial charge on any atom is -0.312 e. The number of benzene rings is 1. The molecule has 0 aliphatic heterocycles. The first-order chi connectivity index (χ1) is 9.52. The van der Waals surface area contributed by atoms with Crippen LogP contribution in [0.15, 0.2) is 18.2 Å². The number of halogens is 2. The Morgan fingerprint density at radius 1 is 1.25 bits per heavy atom. The van der Waals surface area contributed by atoms with Crippen molar-refractivity contribution in [3.05, 3.63) is 46.0 Å². The molecule has 1 aromatic carbocycles. The Morgan fingerprint density at radius 2 is 2.00 bits per heavy atom. The van der Waals surface area contributed by atoms with Gasteiger partial charge in [-0.15, -0.1) is 5.10 Å². The van der Waals surface area contributed by atoms with Gasteiger partial charge >= 0.3 is 0 Å². The van der Waals surface area contributed by atoms with E-state index >= 15 is 0 Å². The first-order valence-electron chi connectivity index (χ1n) is 6.46. The van der Waals surface area contributed by atoms with Gasteiger partial charge < -0.3 is 5.32 Å². The highest BCUT2D eigenvalue weighted by molar-refractivity contribution is 7.05. The van der Waals surface area contributed by atoms with E-state index in [2.05, 4.69) is 28.8 Å². The molecule has 1 N–H and O–H groups in total. The third kappa shape index (κ3) is 3.19. The van der Waals surface area contributed by atoms with Crippen molar-refractivity contribution in [3.63, 3.8) is 0 Å². The molecule has 1 heterocycles. The van der Waals surface area contributed by atoms with Gasteiger partial charge in [0.1, 0.15) is 0 Å². The maximum absolute atomic E-state index is 13.3. The van der Waals surface area contributed by atoms with Gasteiger partial charge in [0.05, 0.1) is 10.6 Å². The summed E-state index contributed by atoms with van der Waals surface area (Å²) >= 11 is 1.35. The minimum atomic E-state index is -0.822. The van der Waals surface area contributed by atoms with E-state index in [4.69, 9.17) is 0 Å². The number of aromatic nitrogens is 2. The molecule has 1 atom stereocenters. The van der Waals surface area contributed by atoms with Gasteiger partial charge in [0.2, 0.25) is 0 Å². The van der Waals surface area contributed by atoms with Crippen LogP contribution in [0.1, 0.15) is 41.9 Å². The molecule has 0 radical (unpaired) electrons. The molecule has 0 saturated heterocycles. The molecule has 0 bridgehead atoms. The van der Waals surface area contributed by atoms with Crippen molar-refractivity contribution in [3.8, 4) is 0 Å². The number of hydrogen-bond donors (Lipinski definition) is 1. The highest BCUT2D eigenvalue weighted by atomic mass is 32.1. The summed E-state index contributed by atoms with van der Waals surface area (Å²) in [7, 11) is 1.84. The quantitative estimate of drug-likeness (QED) is 0.918. The average molecular weight is 297 g/mol. The second kappa shape index (κ2) is 6.37. The largest absolute Gasteiger partial charge is 0.312 e. The van der Waals surface area contributed by atoms with Gasteiger partial charge in [-0.25, -0.2) is 8.78 Å². The second-order valence-corrected chi connectivity index (χ2v) is 5.76. The van der Waals surface area contributed by atoms with Crippen molar-refractivity contribution in [1.82, 2.24) is 14.9 Å². The van der Waals surface area contributed by atoms with Crippen LogP contribution in [-0.4, -0.2) is 16.6 Å². The Hall–Kier alpha value is -1.40. The van der Waals surface area contributed by atoms with Crippen LogP contribution in [0.4, 0.5) is 8.78 Å². The van der Waals surface area contributed by atoms with Gasteiger partial charge in [-0.2, -0.15) is 0 Å². The topological polar surface area (TPSA) is 37.8 Å². The molecule has 0 saturated carbocycles. The summed E-state index contributed by atoms with van der Waals surface area (Å²) < 4.78 is 30.2. The van der Waals surface area contributed by atoms with Crippen molar-refractivity contribution in [2.75, 3.05) is 7.05 Å². The van der Waals surface area contributed by atoms with E-state index in [1.54, 1.807) is 6.07 Å². The number of nitrogens with zero attached hydrogens (tertiary/aromatic N) is 2. The van der Waals surface area contributed by atoms with E-state index in [0.717, 1.165) is 22.2 Å². The molecule has 0 aliphatic rings. The van der Waals surface area contributed by atoms with E-state index in [0.29, 0.717) is 6.42 Å². The van der Waals surface area contributed by atoms with Gasteiger partial charge in [0.15, 0.2) is 11.6 Å². The number of nitrogens with one attached hydrogen (secondary N) is 1. The van der Waals surface area contributed by atoms with E-state index in [1.165, 1.54) is 17.6 Å². The third-order valence-corrected chi connectivity index (χ3v) is 4.03. The number of hydrogen-bond acceptors (Lipinski definition) is 4. The SMILES string of the molecule is CNC(Cc1ccc(F)c(F)c1)c1snnc1C(C)C. The summed E-state index contributed by atoms with van der Waals surface area (Å²) in [4.78, 5) is 1.05. The average Bonchev–Trinajstić information content (AvgIpc) is 2.89. The van der Waals surface area contributed by atoms with Crippen molar-refractivity contribution >= 4 is 11.5 Å². The monoisotopic (exact) mass is 297 g/mol. The van der Waals surface area contributed by atoms with Gasteiger partial charge in [-0.3, -0.25) is 0 Å². The maximum Gasteiger partial charge on any atom is 0.159 e. The lowest BCUT2D eigenvalue weighted by atomic mass is 10.00. The van der Waals surface area contributed by atoms with Crippen molar-refractivity contribution in [1.29, 1.82) is 0 Å². The molecular weight excluding hydrogens is 280 g/mol.